The summed E-state index contributed by atoms with van der Waals surface area (Å²) in [5.74, 6) is 5.13. The van der Waals surface area contributed by atoms with E-state index >= 15 is 0 Å². The number of nitrogens with zero attached hydrogens (tertiary/aromatic N) is 2. The number of nitrogen functional groups attached to an aromatic ring is 1. The highest BCUT2D eigenvalue weighted by atomic mass is 19.4. The molecule has 0 spiro atoms. The highest BCUT2D eigenvalue weighted by molar-refractivity contribution is 5.59. The van der Waals surface area contributed by atoms with Crippen molar-refractivity contribution in [3.8, 4) is 17.6 Å². The molecule has 1 fully saturated rings. The number of para-hydroxylation sites is 1. The van der Waals surface area contributed by atoms with Crippen LogP contribution in [0.25, 0.3) is 0 Å². The van der Waals surface area contributed by atoms with E-state index in [1.54, 1.807) is 6.07 Å². The number of anilines is 2. The lowest BCUT2D eigenvalue weighted by Crippen LogP contribution is -2.27. The molecule has 0 amide bonds. The van der Waals surface area contributed by atoms with Crippen molar-refractivity contribution in [3.05, 3.63) is 76.5 Å². The molecular formula is C28H27F6N5O. The fourth-order valence-corrected chi connectivity index (χ4v) is 4.57. The normalized spacial score (nSPS) is 17.6. The van der Waals surface area contributed by atoms with Gasteiger partial charge < -0.3 is 21.5 Å². The highest BCUT2D eigenvalue weighted by Crippen LogP contribution is 2.32. The zero-order chi connectivity index (χ0) is 28.9. The average Bonchev–Trinajstić information content (AvgIpc) is 2.88. The standard InChI is InChI=1S/C28H27F6N5O/c29-27(30,31)22-7-3-1-5-18(22)11-14-21-23(15-17-9-12-20(35)13-10-17)38-26(39-25(21)36)37-16-19-6-2-4-8-24(19)40-28(32,33)34/h1-8,17,20H,9-10,12-13,15-16,35H2,(H3,36,37,38,39)/t17-,20-. The van der Waals surface area contributed by atoms with Gasteiger partial charge in [0.05, 0.1) is 16.8 Å². The number of ether oxygens (including phenoxy) is 1. The predicted octanol–water partition coefficient (Wildman–Crippen LogP) is 6.05. The van der Waals surface area contributed by atoms with Crippen LogP contribution < -0.4 is 21.5 Å². The second-order valence-electron chi connectivity index (χ2n) is 9.54. The Morgan fingerprint density at radius 1 is 0.900 bits per heavy atom. The van der Waals surface area contributed by atoms with Crippen molar-refractivity contribution < 1.29 is 31.1 Å². The number of aromatic nitrogens is 2. The summed E-state index contributed by atoms with van der Waals surface area (Å²) in [5, 5.41) is 2.88. The molecule has 2 aromatic carbocycles. The molecule has 1 aliphatic rings. The van der Waals surface area contributed by atoms with Crippen LogP contribution in [0.3, 0.4) is 0 Å². The Morgan fingerprint density at radius 3 is 2.27 bits per heavy atom. The van der Waals surface area contributed by atoms with Gasteiger partial charge in [0, 0.05) is 23.7 Å². The summed E-state index contributed by atoms with van der Waals surface area (Å²) in [5.41, 5.74) is 12.0. The van der Waals surface area contributed by atoms with Crippen LogP contribution in [-0.2, 0) is 19.1 Å². The molecule has 4 rings (SSSR count). The Hall–Kier alpha value is -3.98. The molecule has 1 heterocycles. The summed E-state index contributed by atoms with van der Waals surface area (Å²) in [6.07, 6.45) is -5.69. The number of alkyl halides is 6. The van der Waals surface area contributed by atoms with Gasteiger partial charge in [0.1, 0.15) is 11.6 Å². The van der Waals surface area contributed by atoms with E-state index in [9.17, 15) is 26.3 Å². The monoisotopic (exact) mass is 563 g/mol. The molecule has 0 radical (unpaired) electrons. The van der Waals surface area contributed by atoms with E-state index in [4.69, 9.17) is 11.5 Å². The molecule has 12 heteroatoms. The Labute approximate surface area is 227 Å². The Balaban J connectivity index is 1.65. The van der Waals surface area contributed by atoms with Gasteiger partial charge in [-0.1, -0.05) is 42.2 Å². The average molecular weight is 564 g/mol. The number of nitrogens with one attached hydrogen (secondary N) is 1. The van der Waals surface area contributed by atoms with Crippen molar-refractivity contribution in [2.24, 2.45) is 11.7 Å². The fraction of sp³-hybridized carbons (Fsp3) is 0.357. The first-order valence-electron chi connectivity index (χ1n) is 12.6. The van der Waals surface area contributed by atoms with Crippen LogP contribution in [0, 0.1) is 17.8 Å². The van der Waals surface area contributed by atoms with Crippen LogP contribution in [0.15, 0.2) is 48.5 Å². The topological polar surface area (TPSA) is 99.1 Å². The third kappa shape index (κ3) is 7.79. The second-order valence-corrected chi connectivity index (χ2v) is 9.54. The quantitative estimate of drug-likeness (QED) is 0.250. The molecular weight excluding hydrogens is 536 g/mol. The molecule has 6 nitrogen and oxygen atoms in total. The first-order chi connectivity index (χ1) is 18.9. The maximum absolute atomic E-state index is 13.5. The molecule has 212 valence electrons. The Morgan fingerprint density at radius 2 is 1.57 bits per heavy atom. The summed E-state index contributed by atoms with van der Waals surface area (Å²) in [4.78, 5) is 8.72. The molecule has 0 aliphatic heterocycles. The Kier molecular flexibility index (Phi) is 8.73. The summed E-state index contributed by atoms with van der Waals surface area (Å²) in [6, 6.07) is 10.7. The van der Waals surface area contributed by atoms with Crippen molar-refractivity contribution in [1.82, 2.24) is 9.97 Å². The molecule has 3 aromatic rings. The third-order valence-corrected chi connectivity index (χ3v) is 6.58. The zero-order valence-corrected chi connectivity index (χ0v) is 21.2. The van der Waals surface area contributed by atoms with E-state index in [-0.39, 0.29) is 52.7 Å². The first-order valence-corrected chi connectivity index (χ1v) is 12.6. The Bertz CT molecular complexity index is 1390. The van der Waals surface area contributed by atoms with Gasteiger partial charge in [-0.3, -0.25) is 0 Å². The predicted molar refractivity (Wildman–Crippen MR) is 138 cm³/mol. The van der Waals surface area contributed by atoms with Crippen molar-refractivity contribution in [3.63, 3.8) is 0 Å². The van der Waals surface area contributed by atoms with Gasteiger partial charge in [0.2, 0.25) is 5.95 Å². The zero-order valence-electron chi connectivity index (χ0n) is 21.2. The van der Waals surface area contributed by atoms with E-state index in [0.29, 0.717) is 12.1 Å². The molecule has 1 aliphatic carbocycles. The van der Waals surface area contributed by atoms with Gasteiger partial charge in [-0.05, 0) is 56.2 Å². The number of nitrogens with two attached hydrogens (primary N) is 2. The lowest BCUT2D eigenvalue weighted by molar-refractivity contribution is -0.274. The van der Waals surface area contributed by atoms with Crippen LogP contribution in [0.4, 0.5) is 38.1 Å². The maximum Gasteiger partial charge on any atom is 0.573 e. The van der Waals surface area contributed by atoms with Crippen LogP contribution >= 0.6 is 0 Å². The lowest BCUT2D eigenvalue weighted by atomic mass is 9.83. The van der Waals surface area contributed by atoms with Gasteiger partial charge in [-0.25, -0.2) is 4.98 Å². The van der Waals surface area contributed by atoms with Crippen LogP contribution in [0.1, 0.15) is 53.6 Å². The molecule has 1 saturated carbocycles. The largest absolute Gasteiger partial charge is 0.573 e. The van der Waals surface area contributed by atoms with E-state index in [1.165, 1.54) is 36.4 Å². The number of halogens is 6. The molecule has 5 N–H and O–H groups in total. The minimum absolute atomic E-state index is 0.0445. The van der Waals surface area contributed by atoms with Crippen LogP contribution in [0.2, 0.25) is 0 Å². The molecule has 40 heavy (non-hydrogen) atoms. The molecule has 0 unspecified atom stereocenters. The number of hydrogen-bond acceptors (Lipinski definition) is 6. The van der Waals surface area contributed by atoms with Gasteiger partial charge in [-0.2, -0.15) is 18.2 Å². The third-order valence-electron chi connectivity index (χ3n) is 6.58. The summed E-state index contributed by atoms with van der Waals surface area (Å²) in [7, 11) is 0. The highest BCUT2D eigenvalue weighted by Gasteiger charge is 2.33. The van der Waals surface area contributed by atoms with Gasteiger partial charge in [0.25, 0.3) is 0 Å². The van der Waals surface area contributed by atoms with E-state index < -0.39 is 18.1 Å². The fourth-order valence-electron chi connectivity index (χ4n) is 4.57. The van der Waals surface area contributed by atoms with E-state index in [2.05, 4.69) is 31.9 Å². The molecule has 0 atom stereocenters. The second kappa shape index (κ2) is 12.0. The van der Waals surface area contributed by atoms with Gasteiger partial charge in [0.15, 0.2) is 0 Å². The minimum atomic E-state index is -4.86. The number of rotatable bonds is 6. The van der Waals surface area contributed by atoms with Crippen molar-refractivity contribution >= 4 is 11.8 Å². The summed E-state index contributed by atoms with van der Waals surface area (Å²) < 4.78 is 82.9. The van der Waals surface area contributed by atoms with Gasteiger partial charge >= 0.3 is 12.5 Å². The van der Waals surface area contributed by atoms with E-state index in [0.717, 1.165) is 31.7 Å². The maximum atomic E-state index is 13.5. The van der Waals surface area contributed by atoms with Crippen molar-refractivity contribution in [2.75, 3.05) is 11.1 Å². The summed E-state index contributed by atoms with van der Waals surface area (Å²) in [6.45, 7) is -0.104. The number of hydrogen-bond donors (Lipinski definition) is 3. The number of benzene rings is 2. The van der Waals surface area contributed by atoms with Crippen LogP contribution in [0.5, 0.6) is 5.75 Å². The minimum Gasteiger partial charge on any atom is -0.405 e. The smallest absolute Gasteiger partial charge is 0.405 e. The first kappa shape index (κ1) is 29.0. The molecule has 1 aromatic heterocycles. The van der Waals surface area contributed by atoms with Crippen molar-refractivity contribution in [1.29, 1.82) is 0 Å². The van der Waals surface area contributed by atoms with E-state index in [1.807, 2.05) is 0 Å². The summed E-state index contributed by atoms with van der Waals surface area (Å²) >= 11 is 0. The SMILES string of the molecule is Nc1nc(NCc2ccccc2OC(F)(F)F)nc(C[C@H]2CC[C@H](N)CC2)c1C#Cc1ccccc1C(F)(F)F. The molecule has 0 bridgehead atoms. The van der Waals surface area contributed by atoms with Crippen molar-refractivity contribution in [2.45, 2.75) is 57.2 Å². The lowest BCUT2D eigenvalue weighted by Gasteiger charge is -2.26. The van der Waals surface area contributed by atoms with Gasteiger partial charge in [-0.15, -0.1) is 13.2 Å². The van der Waals surface area contributed by atoms with Crippen LogP contribution in [-0.4, -0.2) is 22.4 Å². The molecule has 0 saturated heterocycles.